The Kier molecular flexibility index (Phi) is 4.63. The van der Waals surface area contributed by atoms with Gasteiger partial charge in [0.15, 0.2) is 0 Å². The van der Waals surface area contributed by atoms with Crippen LogP contribution in [-0.4, -0.2) is 29.1 Å². The highest BCUT2D eigenvalue weighted by Gasteiger charge is 2.22. The molecule has 1 atom stereocenters. The molecule has 2 N–H and O–H groups in total. The Bertz CT molecular complexity index is 363. The second-order valence-corrected chi connectivity index (χ2v) is 4.97. The van der Waals surface area contributed by atoms with Crippen molar-refractivity contribution in [1.82, 2.24) is 10.3 Å². The lowest BCUT2D eigenvalue weighted by Gasteiger charge is -2.25. The van der Waals surface area contributed by atoms with Crippen molar-refractivity contribution in [3.05, 3.63) is 30.1 Å². The molecule has 0 spiro atoms. The smallest absolute Gasteiger partial charge is 0.307 e. The molecule has 0 bridgehead atoms. The highest BCUT2D eigenvalue weighted by molar-refractivity contribution is 5.69. The molecule has 1 unspecified atom stereocenters. The predicted molar refractivity (Wildman–Crippen MR) is 66.9 cm³/mol. The molecule has 4 nitrogen and oxygen atoms in total. The van der Waals surface area contributed by atoms with Gasteiger partial charge in [-0.2, -0.15) is 0 Å². The van der Waals surface area contributed by atoms with Gasteiger partial charge in [0.1, 0.15) is 0 Å². The zero-order chi connectivity index (χ0) is 12.9. The third-order valence-electron chi connectivity index (χ3n) is 2.80. The molecule has 0 fully saturated rings. The lowest BCUT2D eigenvalue weighted by Crippen LogP contribution is -2.37. The Balaban J connectivity index is 2.48. The summed E-state index contributed by atoms with van der Waals surface area (Å²) < 4.78 is 0. The Morgan fingerprint density at radius 3 is 2.76 bits per heavy atom. The summed E-state index contributed by atoms with van der Waals surface area (Å²) in [6.45, 7) is 7.07. The summed E-state index contributed by atoms with van der Waals surface area (Å²) in [4.78, 5) is 15.0. The Labute approximate surface area is 102 Å². The van der Waals surface area contributed by atoms with E-state index in [4.69, 9.17) is 5.11 Å². The van der Waals surface area contributed by atoms with Crippen LogP contribution < -0.4 is 5.32 Å². The van der Waals surface area contributed by atoms with E-state index in [0.29, 0.717) is 13.1 Å². The van der Waals surface area contributed by atoms with Crippen molar-refractivity contribution in [1.29, 1.82) is 0 Å². The lowest BCUT2D eigenvalue weighted by molar-refractivity contribution is -0.140. The molecular weight excluding hydrogens is 216 g/mol. The first-order valence-corrected chi connectivity index (χ1v) is 5.78. The van der Waals surface area contributed by atoms with Crippen molar-refractivity contribution >= 4 is 5.97 Å². The molecule has 1 rings (SSSR count). The number of rotatable bonds is 6. The third kappa shape index (κ3) is 4.15. The minimum absolute atomic E-state index is 0.0977. The van der Waals surface area contributed by atoms with Gasteiger partial charge in [-0.1, -0.05) is 26.8 Å². The number of nitrogens with one attached hydrogen (secondary N) is 1. The number of carboxylic acids is 1. The van der Waals surface area contributed by atoms with Crippen LogP contribution in [0.5, 0.6) is 0 Å². The van der Waals surface area contributed by atoms with Gasteiger partial charge >= 0.3 is 5.97 Å². The van der Waals surface area contributed by atoms with Crippen molar-refractivity contribution in [3.63, 3.8) is 0 Å². The molecule has 0 aliphatic carbocycles. The Morgan fingerprint density at radius 2 is 2.24 bits per heavy atom. The third-order valence-corrected chi connectivity index (χ3v) is 2.80. The number of nitrogens with zero attached hydrogens (tertiary/aromatic N) is 1. The van der Waals surface area contributed by atoms with E-state index in [0.717, 1.165) is 5.69 Å². The fourth-order valence-corrected chi connectivity index (χ4v) is 1.54. The number of hydrogen-bond donors (Lipinski definition) is 2. The minimum Gasteiger partial charge on any atom is -0.481 e. The molecule has 0 radical (unpaired) electrons. The SMILES string of the molecule is CC(CNCC(C)(C)c1ccccn1)C(=O)O. The van der Waals surface area contributed by atoms with Crippen molar-refractivity contribution in [2.24, 2.45) is 5.92 Å². The van der Waals surface area contributed by atoms with Crippen LogP contribution in [0.25, 0.3) is 0 Å². The Hall–Kier alpha value is -1.42. The summed E-state index contributed by atoms with van der Waals surface area (Å²) in [5.41, 5.74) is 0.912. The van der Waals surface area contributed by atoms with Crippen LogP contribution >= 0.6 is 0 Å². The molecule has 1 aromatic heterocycles. The summed E-state index contributed by atoms with van der Waals surface area (Å²) in [6.07, 6.45) is 1.77. The average molecular weight is 236 g/mol. The quantitative estimate of drug-likeness (QED) is 0.788. The molecule has 4 heteroatoms. The van der Waals surface area contributed by atoms with Gasteiger partial charge in [0.2, 0.25) is 0 Å². The van der Waals surface area contributed by atoms with E-state index in [-0.39, 0.29) is 11.3 Å². The molecule has 1 heterocycles. The van der Waals surface area contributed by atoms with E-state index in [1.54, 1.807) is 13.1 Å². The highest BCUT2D eigenvalue weighted by atomic mass is 16.4. The maximum absolute atomic E-state index is 10.7. The maximum atomic E-state index is 10.7. The van der Waals surface area contributed by atoms with Gasteiger partial charge in [-0.3, -0.25) is 9.78 Å². The van der Waals surface area contributed by atoms with Gasteiger partial charge < -0.3 is 10.4 Å². The van der Waals surface area contributed by atoms with Gasteiger partial charge in [-0.05, 0) is 12.1 Å². The molecule has 0 saturated heterocycles. The molecule has 0 aliphatic heterocycles. The molecule has 0 amide bonds. The second-order valence-electron chi connectivity index (χ2n) is 4.97. The van der Waals surface area contributed by atoms with Gasteiger partial charge in [-0.25, -0.2) is 0 Å². The topological polar surface area (TPSA) is 62.2 Å². The van der Waals surface area contributed by atoms with E-state index >= 15 is 0 Å². The molecule has 17 heavy (non-hydrogen) atoms. The zero-order valence-electron chi connectivity index (χ0n) is 10.6. The predicted octanol–water partition coefficient (Wildman–Crippen LogP) is 1.67. The number of hydrogen-bond acceptors (Lipinski definition) is 3. The molecule has 0 aliphatic rings. The van der Waals surface area contributed by atoms with Crippen LogP contribution in [0.15, 0.2) is 24.4 Å². The van der Waals surface area contributed by atoms with Crippen molar-refractivity contribution in [3.8, 4) is 0 Å². The van der Waals surface area contributed by atoms with Crippen molar-refractivity contribution < 1.29 is 9.90 Å². The van der Waals surface area contributed by atoms with Crippen LogP contribution in [0.4, 0.5) is 0 Å². The van der Waals surface area contributed by atoms with Gasteiger partial charge in [0.05, 0.1) is 5.92 Å². The molecule has 0 saturated carbocycles. The normalized spacial score (nSPS) is 13.4. The largest absolute Gasteiger partial charge is 0.481 e. The molecule has 94 valence electrons. The van der Waals surface area contributed by atoms with Gasteiger partial charge in [0.25, 0.3) is 0 Å². The molecular formula is C13H20N2O2. The molecule has 0 aromatic carbocycles. The van der Waals surface area contributed by atoms with Crippen LogP contribution in [-0.2, 0) is 10.2 Å². The van der Waals surface area contributed by atoms with Crippen LogP contribution in [0.2, 0.25) is 0 Å². The summed E-state index contributed by atoms with van der Waals surface area (Å²) >= 11 is 0. The van der Waals surface area contributed by atoms with Crippen LogP contribution in [0, 0.1) is 5.92 Å². The maximum Gasteiger partial charge on any atom is 0.307 e. The van der Waals surface area contributed by atoms with Crippen molar-refractivity contribution in [2.45, 2.75) is 26.2 Å². The number of aliphatic carboxylic acids is 1. The van der Waals surface area contributed by atoms with E-state index in [1.165, 1.54) is 0 Å². The van der Waals surface area contributed by atoms with Crippen LogP contribution in [0.3, 0.4) is 0 Å². The van der Waals surface area contributed by atoms with Gasteiger partial charge in [-0.15, -0.1) is 0 Å². The average Bonchev–Trinajstić information content (AvgIpc) is 2.29. The highest BCUT2D eigenvalue weighted by Crippen LogP contribution is 2.19. The first-order chi connectivity index (χ1) is 7.93. The number of carbonyl (C=O) groups is 1. The van der Waals surface area contributed by atoms with Gasteiger partial charge in [0, 0.05) is 30.4 Å². The number of aromatic nitrogens is 1. The summed E-state index contributed by atoms with van der Waals surface area (Å²) in [5, 5.41) is 12.0. The van der Waals surface area contributed by atoms with E-state index in [2.05, 4.69) is 24.1 Å². The first kappa shape index (κ1) is 13.6. The fraction of sp³-hybridized carbons (Fsp3) is 0.538. The summed E-state index contributed by atoms with van der Waals surface area (Å²) in [5.74, 6) is -1.14. The van der Waals surface area contributed by atoms with E-state index in [1.807, 2.05) is 18.2 Å². The fourth-order valence-electron chi connectivity index (χ4n) is 1.54. The first-order valence-electron chi connectivity index (χ1n) is 5.78. The van der Waals surface area contributed by atoms with Crippen LogP contribution in [0.1, 0.15) is 26.5 Å². The Morgan fingerprint density at radius 1 is 1.53 bits per heavy atom. The monoisotopic (exact) mass is 236 g/mol. The number of carboxylic acid groups (broad SMARTS) is 1. The zero-order valence-corrected chi connectivity index (χ0v) is 10.6. The second kappa shape index (κ2) is 5.77. The van der Waals surface area contributed by atoms with E-state index in [9.17, 15) is 4.79 Å². The number of pyridine rings is 1. The van der Waals surface area contributed by atoms with Crippen molar-refractivity contribution in [2.75, 3.05) is 13.1 Å². The molecule has 1 aromatic rings. The summed E-state index contributed by atoms with van der Waals surface area (Å²) in [7, 11) is 0. The van der Waals surface area contributed by atoms with E-state index < -0.39 is 5.97 Å². The lowest BCUT2D eigenvalue weighted by atomic mass is 9.88. The minimum atomic E-state index is -0.770. The standard InChI is InChI=1S/C13H20N2O2/c1-10(12(16)17)8-14-9-13(2,3)11-6-4-5-7-15-11/h4-7,10,14H,8-9H2,1-3H3,(H,16,17). The summed E-state index contributed by atoms with van der Waals surface area (Å²) in [6, 6.07) is 5.84.